The van der Waals surface area contributed by atoms with Crippen molar-refractivity contribution in [2.75, 3.05) is 25.5 Å². The first kappa shape index (κ1) is 19.1. The fourth-order valence-corrected chi connectivity index (χ4v) is 3.46. The Morgan fingerprint density at radius 3 is 2.26 bits per heavy atom. The van der Waals surface area contributed by atoms with Crippen LogP contribution in [0.25, 0.3) is 0 Å². The average molecular weight is 366 g/mol. The molecule has 2 aromatic rings. The molecule has 0 aliphatic carbocycles. The van der Waals surface area contributed by atoms with Gasteiger partial charge in [-0.15, -0.1) is 0 Å². The summed E-state index contributed by atoms with van der Waals surface area (Å²) in [6.45, 7) is 2.24. The fourth-order valence-electron chi connectivity index (χ4n) is 3.46. The summed E-state index contributed by atoms with van der Waals surface area (Å²) in [5.41, 5.74) is 3.60. The van der Waals surface area contributed by atoms with Crippen LogP contribution in [0.1, 0.15) is 46.7 Å². The summed E-state index contributed by atoms with van der Waals surface area (Å²) in [5, 5.41) is 11.6. The molecule has 1 amide bonds. The van der Waals surface area contributed by atoms with Crippen LogP contribution in [0, 0.1) is 0 Å². The van der Waals surface area contributed by atoms with Gasteiger partial charge in [0.25, 0.3) is 5.91 Å². The van der Waals surface area contributed by atoms with Gasteiger partial charge in [0.2, 0.25) is 0 Å². The number of amides is 1. The molecule has 5 nitrogen and oxygen atoms in total. The van der Waals surface area contributed by atoms with Crippen LogP contribution in [0.4, 0.5) is 5.69 Å². The number of likely N-dealkylation sites (tertiary alicyclic amines) is 1. The average Bonchev–Trinajstić information content (AvgIpc) is 2.68. The van der Waals surface area contributed by atoms with Gasteiger partial charge in [0, 0.05) is 17.7 Å². The Morgan fingerprint density at radius 1 is 1.04 bits per heavy atom. The van der Waals surface area contributed by atoms with Gasteiger partial charge in [-0.3, -0.25) is 9.59 Å². The molecule has 1 aliphatic heterocycles. The summed E-state index contributed by atoms with van der Waals surface area (Å²) in [5.74, 6) is -0.365. The Kier molecular flexibility index (Phi) is 6.24. The lowest BCUT2D eigenvalue weighted by Gasteiger charge is -2.29. The molecule has 0 bridgehead atoms. The van der Waals surface area contributed by atoms with E-state index in [1.165, 1.54) is 5.56 Å². The van der Waals surface area contributed by atoms with Crippen LogP contribution in [0.15, 0.2) is 48.5 Å². The summed E-state index contributed by atoms with van der Waals surface area (Å²) >= 11 is 0. The zero-order chi connectivity index (χ0) is 19.2. The van der Waals surface area contributed by atoms with Crippen molar-refractivity contribution < 1.29 is 14.7 Å². The number of piperidine rings is 1. The summed E-state index contributed by atoms with van der Waals surface area (Å²) < 4.78 is 0. The van der Waals surface area contributed by atoms with Crippen LogP contribution in [-0.2, 0) is 11.2 Å². The largest absolute Gasteiger partial charge is 0.481 e. The number of hydrogen-bond donors (Lipinski definition) is 2. The van der Waals surface area contributed by atoms with Crippen molar-refractivity contribution in [3.63, 3.8) is 0 Å². The van der Waals surface area contributed by atoms with Gasteiger partial charge in [-0.25, -0.2) is 0 Å². The number of nitrogens with zero attached hydrogens (tertiary/aromatic N) is 1. The number of hydrogen-bond acceptors (Lipinski definition) is 3. The molecule has 2 aromatic carbocycles. The lowest BCUT2D eigenvalue weighted by atomic mass is 9.89. The van der Waals surface area contributed by atoms with Crippen LogP contribution in [0.5, 0.6) is 0 Å². The van der Waals surface area contributed by atoms with E-state index in [4.69, 9.17) is 5.11 Å². The smallest absolute Gasteiger partial charge is 0.303 e. The number of carbonyl (C=O) groups excluding carboxylic acids is 1. The van der Waals surface area contributed by atoms with Crippen LogP contribution < -0.4 is 5.32 Å². The molecule has 0 atom stereocenters. The second-order valence-corrected chi connectivity index (χ2v) is 7.24. The maximum Gasteiger partial charge on any atom is 0.303 e. The van der Waals surface area contributed by atoms with E-state index in [0.29, 0.717) is 23.6 Å². The van der Waals surface area contributed by atoms with E-state index in [-0.39, 0.29) is 12.3 Å². The van der Waals surface area contributed by atoms with E-state index in [1.807, 2.05) is 36.4 Å². The first-order valence-corrected chi connectivity index (χ1v) is 9.42. The molecule has 5 heteroatoms. The minimum absolute atomic E-state index is 0.106. The van der Waals surface area contributed by atoms with Crippen molar-refractivity contribution in [2.24, 2.45) is 0 Å². The van der Waals surface area contributed by atoms with Gasteiger partial charge in [0.05, 0.1) is 0 Å². The standard InChI is InChI=1S/C22H26N2O3/c1-24-14-12-18(13-15-24)17-5-7-19(8-6-17)22(27)23-20-9-2-16(3-10-20)4-11-21(25)26/h2-3,5-10,18H,4,11-15H2,1H3,(H,23,27)(H,25,26). The molecular formula is C22H26N2O3. The van der Waals surface area contributed by atoms with Gasteiger partial charge in [-0.1, -0.05) is 24.3 Å². The third-order valence-electron chi connectivity index (χ3n) is 5.20. The highest BCUT2D eigenvalue weighted by molar-refractivity contribution is 6.04. The third kappa shape index (κ3) is 5.41. The van der Waals surface area contributed by atoms with Crippen molar-refractivity contribution in [3.05, 3.63) is 65.2 Å². The fraction of sp³-hybridized carbons (Fsp3) is 0.364. The normalized spacial score (nSPS) is 15.4. The number of aryl methyl sites for hydroxylation is 1. The maximum absolute atomic E-state index is 12.4. The number of benzene rings is 2. The first-order valence-electron chi connectivity index (χ1n) is 9.42. The van der Waals surface area contributed by atoms with E-state index in [9.17, 15) is 9.59 Å². The van der Waals surface area contributed by atoms with Gasteiger partial charge in [0.1, 0.15) is 0 Å². The highest BCUT2D eigenvalue weighted by atomic mass is 16.4. The minimum atomic E-state index is -0.809. The Labute approximate surface area is 160 Å². The molecule has 142 valence electrons. The molecule has 2 N–H and O–H groups in total. The van der Waals surface area contributed by atoms with E-state index in [0.717, 1.165) is 31.5 Å². The molecule has 1 heterocycles. The number of nitrogens with one attached hydrogen (secondary N) is 1. The molecule has 27 heavy (non-hydrogen) atoms. The molecule has 0 radical (unpaired) electrons. The second kappa shape index (κ2) is 8.82. The van der Waals surface area contributed by atoms with Gasteiger partial charge in [0.15, 0.2) is 0 Å². The number of aliphatic carboxylic acids is 1. The maximum atomic E-state index is 12.4. The number of rotatable bonds is 6. The number of carbonyl (C=O) groups is 2. The lowest BCUT2D eigenvalue weighted by Crippen LogP contribution is -2.29. The molecule has 0 unspecified atom stereocenters. The minimum Gasteiger partial charge on any atom is -0.481 e. The summed E-state index contributed by atoms with van der Waals surface area (Å²) in [6.07, 6.45) is 2.92. The van der Waals surface area contributed by atoms with Crippen LogP contribution >= 0.6 is 0 Å². The van der Waals surface area contributed by atoms with Gasteiger partial charge in [-0.05, 0) is 80.7 Å². The quantitative estimate of drug-likeness (QED) is 0.817. The van der Waals surface area contributed by atoms with Crippen LogP contribution in [0.2, 0.25) is 0 Å². The summed E-state index contributed by atoms with van der Waals surface area (Å²) in [4.78, 5) is 25.4. The molecule has 0 saturated carbocycles. The Hall–Kier alpha value is -2.66. The van der Waals surface area contributed by atoms with Gasteiger partial charge >= 0.3 is 5.97 Å². The zero-order valence-corrected chi connectivity index (χ0v) is 15.6. The van der Waals surface area contributed by atoms with Crippen molar-refractivity contribution in [1.29, 1.82) is 0 Å². The van der Waals surface area contributed by atoms with E-state index in [1.54, 1.807) is 0 Å². The Bertz CT molecular complexity index is 776. The predicted molar refractivity (Wildman–Crippen MR) is 106 cm³/mol. The topological polar surface area (TPSA) is 69.6 Å². The van der Waals surface area contributed by atoms with Crippen LogP contribution in [-0.4, -0.2) is 42.0 Å². The molecule has 3 rings (SSSR count). The first-order chi connectivity index (χ1) is 13.0. The van der Waals surface area contributed by atoms with Crippen molar-refractivity contribution >= 4 is 17.6 Å². The number of carboxylic acid groups (broad SMARTS) is 1. The molecular weight excluding hydrogens is 340 g/mol. The van der Waals surface area contributed by atoms with Crippen molar-refractivity contribution in [2.45, 2.75) is 31.6 Å². The highest BCUT2D eigenvalue weighted by Crippen LogP contribution is 2.27. The molecule has 0 aromatic heterocycles. The number of anilines is 1. The van der Waals surface area contributed by atoms with Crippen molar-refractivity contribution in [1.82, 2.24) is 4.90 Å². The van der Waals surface area contributed by atoms with Gasteiger partial charge in [-0.2, -0.15) is 0 Å². The zero-order valence-electron chi connectivity index (χ0n) is 15.6. The molecule has 1 saturated heterocycles. The highest BCUT2D eigenvalue weighted by Gasteiger charge is 2.18. The van der Waals surface area contributed by atoms with Gasteiger partial charge < -0.3 is 15.3 Å². The summed E-state index contributed by atoms with van der Waals surface area (Å²) in [7, 11) is 2.16. The lowest BCUT2D eigenvalue weighted by molar-refractivity contribution is -0.136. The number of carboxylic acids is 1. The molecule has 0 spiro atoms. The van der Waals surface area contributed by atoms with Crippen molar-refractivity contribution in [3.8, 4) is 0 Å². The molecule has 1 aliphatic rings. The SMILES string of the molecule is CN1CCC(c2ccc(C(=O)Nc3ccc(CCC(=O)O)cc3)cc2)CC1. The van der Waals surface area contributed by atoms with E-state index in [2.05, 4.69) is 29.4 Å². The van der Waals surface area contributed by atoms with E-state index >= 15 is 0 Å². The van der Waals surface area contributed by atoms with E-state index < -0.39 is 5.97 Å². The Morgan fingerprint density at radius 2 is 1.67 bits per heavy atom. The predicted octanol–water partition coefficient (Wildman–Crippen LogP) is 3.77. The monoisotopic (exact) mass is 366 g/mol. The van der Waals surface area contributed by atoms with Crippen LogP contribution in [0.3, 0.4) is 0 Å². The molecule has 1 fully saturated rings. The second-order valence-electron chi connectivity index (χ2n) is 7.24. The summed E-state index contributed by atoms with van der Waals surface area (Å²) in [6, 6.07) is 15.2. The Balaban J connectivity index is 1.57. The third-order valence-corrected chi connectivity index (χ3v) is 5.20.